The second-order valence-corrected chi connectivity index (χ2v) is 5.70. The highest BCUT2D eigenvalue weighted by Crippen LogP contribution is 2.16. The third-order valence-corrected chi connectivity index (χ3v) is 4.49. The van der Waals surface area contributed by atoms with E-state index in [-0.39, 0.29) is 6.15 Å². The molecule has 0 bridgehead atoms. The Morgan fingerprint density at radius 2 is 1.42 bits per heavy atom. The Bertz CT molecular complexity index is 269. The maximum Gasteiger partial charge on any atom is 0.0382 e. The van der Waals surface area contributed by atoms with Gasteiger partial charge in [0.25, 0.3) is 0 Å². The molecule has 3 N–H and O–H groups in total. The number of thiophene rings is 2. The minimum atomic E-state index is 0. The van der Waals surface area contributed by atoms with Crippen LogP contribution >= 0.6 is 31.3 Å². The van der Waals surface area contributed by atoms with E-state index >= 15 is 0 Å². The van der Waals surface area contributed by atoms with Crippen LogP contribution in [0.3, 0.4) is 0 Å². The fourth-order valence-electron chi connectivity index (χ4n) is 0.776. The van der Waals surface area contributed by atoms with Gasteiger partial charge in [-0.3, -0.25) is 0 Å². The van der Waals surface area contributed by atoms with Crippen LogP contribution in [0.25, 0.3) is 0 Å². The smallest absolute Gasteiger partial charge is 0.0382 e. The molecule has 0 saturated carbocycles. The van der Waals surface area contributed by atoms with Crippen LogP contribution in [0.2, 0.25) is 0 Å². The molecule has 63 valence electrons. The summed E-state index contributed by atoms with van der Waals surface area (Å²) in [5.41, 5.74) is 0. The van der Waals surface area contributed by atoms with Crippen LogP contribution in [0.1, 0.15) is 0 Å². The van der Waals surface area contributed by atoms with Gasteiger partial charge in [-0.2, -0.15) is 0 Å². The molecule has 0 aliphatic heterocycles. The van der Waals surface area contributed by atoms with E-state index in [0.29, 0.717) is 0 Å². The molecule has 0 saturated heterocycles. The van der Waals surface area contributed by atoms with Crippen molar-refractivity contribution in [1.82, 2.24) is 6.15 Å². The van der Waals surface area contributed by atoms with Crippen molar-refractivity contribution in [2.24, 2.45) is 0 Å². The van der Waals surface area contributed by atoms with Crippen molar-refractivity contribution < 1.29 is 0 Å². The van der Waals surface area contributed by atoms with Crippen molar-refractivity contribution in [2.45, 2.75) is 0 Å². The average Bonchev–Trinajstić information content (AvgIpc) is 2.60. The van der Waals surface area contributed by atoms with Crippen LogP contribution in [0, 0.1) is 0 Å². The molecule has 2 rings (SSSR count). The Morgan fingerprint density at radius 1 is 0.917 bits per heavy atom. The molecular formula is C8H9NPS2. The zero-order valence-electron chi connectivity index (χ0n) is 6.43. The van der Waals surface area contributed by atoms with Gasteiger partial charge in [0.05, 0.1) is 0 Å². The van der Waals surface area contributed by atoms with Crippen molar-refractivity contribution in [3.8, 4) is 0 Å². The van der Waals surface area contributed by atoms with Crippen LogP contribution < -0.4 is 15.4 Å². The number of hydrogen-bond acceptors (Lipinski definition) is 3. The van der Waals surface area contributed by atoms with Crippen LogP contribution in [0.15, 0.2) is 35.0 Å². The minimum Gasteiger partial charge on any atom is -0.344 e. The molecule has 4 heteroatoms. The predicted octanol–water partition coefficient (Wildman–Crippen LogP) is 2.87. The SMILES string of the molecule is N.c1csc([P]c2cccs2)c1. The average molecular weight is 214 g/mol. The van der Waals surface area contributed by atoms with Gasteiger partial charge in [0, 0.05) is 17.8 Å². The standard InChI is InChI=1S/C8H6PS2.H3N/c1-3-7(10-5-1)9-8-4-2-6-11-8;/h1-6H;1H3. The molecule has 0 atom stereocenters. The molecule has 2 aromatic rings. The maximum atomic E-state index is 2.17. The zero-order chi connectivity index (χ0) is 7.52. The summed E-state index contributed by atoms with van der Waals surface area (Å²) >= 11 is 3.63. The monoisotopic (exact) mass is 214 g/mol. The topological polar surface area (TPSA) is 35.0 Å². The number of hydrogen-bond donors (Lipinski definition) is 1. The normalized spacial score (nSPS) is 9.33. The predicted molar refractivity (Wildman–Crippen MR) is 59.8 cm³/mol. The highest BCUT2D eigenvalue weighted by Gasteiger charge is 1.97. The third-order valence-electron chi connectivity index (χ3n) is 1.23. The summed E-state index contributed by atoms with van der Waals surface area (Å²) in [6, 6.07) is 8.54. The second kappa shape index (κ2) is 4.73. The molecule has 0 spiro atoms. The van der Waals surface area contributed by atoms with E-state index in [4.69, 9.17) is 0 Å². The fourth-order valence-corrected chi connectivity index (χ4v) is 3.77. The summed E-state index contributed by atoms with van der Waals surface area (Å²) in [6.45, 7) is 0. The van der Waals surface area contributed by atoms with E-state index in [2.05, 4.69) is 35.0 Å². The van der Waals surface area contributed by atoms with Crippen molar-refractivity contribution >= 4 is 40.5 Å². The third kappa shape index (κ3) is 2.39. The van der Waals surface area contributed by atoms with Gasteiger partial charge < -0.3 is 6.15 Å². The molecule has 2 aromatic heterocycles. The second-order valence-electron chi connectivity index (χ2n) is 2.01. The first-order chi connectivity index (χ1) is 5.45. The molecule has 0 unspecified atom stereocenters. The van der Waals surface area contributed by atoms with E-state index in [1.807, 2.05) is 22.7 Å². The Morgan fingerprint density at radius 3 is 1.75 bits per heavy atom. The van der Waals surface area contributed by atoms with Gasteiger partial charge in [0.15, 0.2) is 0 Å². The highest BCUT2D eigenvalue weighted by molar-refractivity contribution is 7.68. The lowest BCUT2D eigenvalue weighted by Gasteiger charge is -1.88. The van der Waals surface area contributed by atoms with Crippen LogP contribution in [-0.4, -0.2) is 0 Å². The summed E-state index contributed by atoms with van der Waals surface area (Å²) in [5, 5.41) is 4.24. The molecule has 12 heavy (non-hydrogen) atoms. The van der Waals surface area contributed by atoms with Crippen molar-refractivity contribution in [3.63, 3.8) is 0 Å². The van der Waals surface area contributed by atoms with E-state index in [1.165, 1.54) is 17.8 Å². The lowest BCUT2D eigenvalue weighted by molar-refractivity contribution is 2.06. The Hall–Kier alpha value is -0.210. The van der Waals surface area contributed by atoms with Gasteiger partial charge in [0.2, 0.25) is 0 Å². The summed E-state index contributed by atoms with van der Waals surface area (Å²) in [7, 11) is 1.35. The Balaban J connectivity index is 0.000000720. The molecule has 1 nitrogen and oxygen atoms in total. The minimum absolute atomic E-state index is 0. The summed E-state index contributed by atoms with van der Waals surface area (Å²) < 4.78 is 2.85. The first-order valence-corrected chi connectivity index (χ1v) is 5.89. The molecule has 0 aromatic carbocycles. The van der Waals surface area contributed by atoms with E-state index < -0.39 is 0 Å². The first kappa shape index (κ1) is 9.87. The van der Waals surface area contributed by atoms with Crippen LogP contribution in [0.4, 0.5) is 0 Å². The molecule has 0 aliphatic rings. The molecule has 0 aliphatic carbocycles. The van der Waals surface area contributed by atoms with Gasteiger partial charge in [-0.25, -0.2) is 0 Å². The van der Waals surface area contributed by atoms with Crippen molar-refractivity contribution in [3.05, 3.63) is 35.0 Å². The lowest BCUT2D eigenvalue weighted by Crippen LogP contribution is -1.92. The van der Waals surface area contributed by atoms with Gasteiger partial charge in [-0.1, -0.05) is 12.1 Å². The molecule has 2 heterocycles. The lowest BCUT2D eigenvalue weighted by atomic mass is 10.7. The Labute approximate surface area is 81.8 Å². The van der Waals surface area contributed by atoms with Crippen LogP contribution in [0.5, 0.6) is 0 Å². The Kier molecular flexibility index (Phi) is 3.89. The first-order valence-electron chi connectivity index (χ1n) is 3.24. The van der Waals surface area contributed by atoms with E-state index in [9.17, 15) is 0 Å². The summed E-state index contributed by atoms with van der Waals surface area (Å²) in [5.74, 6) is 0. The van der Waals surface area contributed by atoms with Crippen LogP contribution in [-0.2, 0) is 0 Å². The molecular weight excluding hydrogens is 205 g/mol. The quantitative estimate of drug-likeness (QED) is 0.766. The van der Waals surface area contributed by atoms with Gasteiger partial charge in [0.1, 0.15) is 0 Å². The molecule has 0 fully saturated rings. The van der Waals surface area contributed by atoms with E-state index in [0.717, 1.165) is 0 Å². The summed E-state index contributed by atoms with van der Waals surface area (Å²) in [4.78, 5) is 0. The largest absolute Gasteiger partial charge is 0.344 e. The van der Waals surface area contributed by atoms with E-state index in [1.54, 1.807) is 0 Å². The zero-order valence-corrected chi connectivity index (χ0v) is 8.96. The van der Waals surface area contributed by atoms with Crippen molar-refractivity contribution in [1.29, 1.82) is 0 Å². The number of rotatable bonds is 2. The van der Waals surface area contributed by atoms with Gasteiger partial charge in [-0.15, -0.1) is 22.7 Å². The molecule has 1 radical (unpaired) electrons. The van der Waals surface area contributed by atoms with Crippen molar-refractivity contribution in [2.75, 3.05) is 0 Å². The van der Waals surface area contributed by atoms with Gasteiger partial charge in [-0.05, 0) is 22.9 Å². The fraction of sp³-hybridized carbons (Fsp3) is 0. The molecule has 0 amide bonds. The maximum absolute atomic E-state index is 2.17. The summed E-state index contributed by atoms with van der Waals surface area (Å²) in [6.07, 6.45) is 0. The van der Waals surface area contributed by atoms with Gasteiger partial charge >= 0.3 is 0 Å². The highest BCUT2D eigenvalue weighted by atomic mass is 32.1.